The van der Waals surface area contributed by atoms with Crippen molar-refractivity contribution in [3.8, 4) is 5.75 Å². The number of anilines is 3. The van der Waals surface area contributed by atoms with Crippen molar-refractivity contribution in [2.24, 2.45) is 0 Å². The second kappa shape index (κ2) is 13.0. The molecule has 41 heavy (non-hydrogen) atoms. The fraction of sp³-hybridized carbons (Fsp3) is 0.212. The van der Waals surface area contributed by atoms with E-state index in [4.69, 9.17) is 4.74 Å². The van der Waals surface area contributed by atoms with Gasteiger partial charge in [-0.1, -0.05) is 48.5 Å². The lowest BCUT2D eigenvalue weighted by Gasteiger charge is -2.38. The minimum atomic E-state index is -0.487. The van der Waals surface area contributed by atoms with E-state index in [0.29, 0.717) is 37.3 Å². The molecular formula is C33H33FN4O3. The SMILES string of the molecule is COc1ccccc1N1CCN(c2ccc(NC(=O)c3cccc(F)c3)cc2C(=O)NCCc2ccccc2)CC1. The van der Waals surface area contributed by atoms with E-state index < -0.39 is 11.7 Å². The average molecular weight is 553 g/mol. The van der Waals surface area contributed by atoms with E-state index >= 15 is 0 Å². The number of rotatable bonds is 9. The summed E-state index contributed by atoms with van der Waals surface area (Å²) in [5.74, 6) is -0.320. The summed E-state index contributed by atoms with van der Waals surface area (Å²) >= 11 is 0. The van der Waals surface area contributed by atoms with Crippen molar-refractivity contribution in [1.82, 2.24) is 5.32 Å². The van der Waals surface area contributed by atoms with Crippen LogP contribution in [-0.4, -0.2) is 51.6 Å². The lowest BCUT2D eigenvalue weighted by molar-refractivity contribution is 0.0953. The molecule has 8 heteroatoms. The van der Waals surface area contributed by atoms with Crippen molar-refractivity contribution in [1.29, 1.82) is 0 Å². The molecule has 4 aromatic carbocycles. The molecule has 2 amide bonds. The molecule has 1 saturated heterocycles. The van der Waals surface area contributed by atoms with Gasteiger partial charge in [0.05, 0.1) is 18.4 Å². The van der Waals surface area contributed by atoms with E-state index in [1.165, 1.54) is 18.2 Å². The van der Waals surface area contributed by atoms with Crippen LogP contribution in [0, 0.1) is 5.82 Å². The minimum absolute atomic E-state index is 0.204. The van der Waals surface area contributed by atoms with Crippen LogP contribution in [0.2, 0.25) is 0 Å². The van der Waals surface area contributed by atoms with E-state index in [-0.39, 0.29) is 11.5 Å². The van der Waals surface area contributed by atoms with Crippen LogP contribution in [0.3, 0.4) is 0 Å². The Labute approximate surface area is 239 Å². The highest BCUT2D eigenvalue weighted by Gasteiger charge is 2.24. The number of para-hydroxylation sites is 2. The molecule has 0 aliphatic carbocycles. The smallest absolute Gasteiger partial charge is 0.255 e. The quantitative estimate of drug-likeness (QED) is 0.292. The molecule has 0 radical (unpaired) electrons. The molecule has 0 aromatic heterocycles. The van der Waals surface area contributed by atoms with Crippen LogP contribution >= 0.6 is 0 Å². The van der Waals surface area contributed by atoms with Gasteiger partial charge in [0.1, 0.15) is 11.6 Å². The average Bonchev–Trinajstić information content (AvgIpc) is 3.01. The summed E-state index contributed by atoms with van der Waals surface area (Å²) in [5.41, 5.74) is 4.12. The van der Waals surface area contributed by atoms with Crippen LogP contribution in [0.25, 0.3) is 0 Å². The number of carbonyl (C=O) groups is 2. The maximum absolute atomic E-state index is 13.7. The number of piperazine rings is 1. The molecule has 1 aliphatic rings. The first-order valence-corrected chi connectivity index (χ1v) is 13.7. The maximum Gasteiger partial charge on any atom is 0.255 e. The van der Waals surface area contributed by atoms with Crippen LogP contribution in [0.15, 0.2) is 97.1 Å². The largest absolute Gasteiger partial charge is 0.495 e. The van der Waals surface area contributed by atoms with Gasteiger partial charge in [0.25, 0.3) is 11.8 Å². The molecule has 1 heterocycles. The number of ether oxygens (including phenoxy) is 1. The van der Waals surface area contributed by atoms with Crippen LogP contribution in [0.4, 0.5) is 21.5 Å². The van der Waals surface area contributed by atoms with Crippen molar-refractivity contribution >= 4 is 28.9 Å². The predicted molar refractivity (Wildman–Crippen MR) is 161 cm³/mol. The molecule has 5 rings (SSSR count). The summed E-state index contributed by atoms with van der Waals surface area (Å²) in [6.07, 6.45) is 0.704. The molecule has 0 atom stereocenters. The van der Waals surface area contributed by atoms with Gasteiger partial charge in [-0.2, -0.15) is 0 Å². The van der Waals surface area contributed by atoms with E-state index in [9.17, 15) is 14.0 Å². The minimum Gasteiger partial charge on any atom is -0.495 e. The van der Waals surface area contributed by atoms with E-state index in [0.717, 1.165) is 35.8 Å². The predicted octanol–water partition coefficient (Wildman–Crippen LogP) is 5.39. The van der Waals surface area contributed by atoms with Crippen LogP contribution in [0.1, 0.15) is 26.3 Å². The third-order valence-corrected chi connectivity index (χ3v) is 7.17. The first-order valence-electron chi connectivity index (χ1n) is 13.7. The fourth-order valence-corrected chi connectivity index (χ4v) is 5.04. The molecule has 2 N–H and O–H groups in total. The second-order valence-corrected chi connectivity index (χ2v) is 9.83. The number of carbonyl (C=O) groups excluding carboxylic acids is 2. The molecule has 0 bridgehead atoms. The number of halogens is 1. The van der Waals surface area contributed by atoms with Crippen molar-refractivity contribution in [3.63, 3.8) is 0 Å². The monoisotopic (exact) mass is 552 g/mol. The van der Waals surface area contributed by atoms with Crippen molar-refractivity contribution in [2.45, 2.75) is 6.42 Å². The van der Waals surface area contributed by atoms with Gasteiger partial charge in [-0.05, 0) is 60.5 Å². The summed E-state index contributed by atoms with van der Waals surface area (Å²) < 4.78 is 19.2. The number of nitrogens with one attached hydrogen (secondary N) is 2. The van der Waals surface area contributed by atoms with Crippen molar-refractivity contribution in [3.05, 3.63) is 120 Å². The van der Waals surface area contributed by atoms with Gasteiger partial charge >= 0.3 is 0 Å². The molecule has 4 aromatic rings. The molecule has 1 fully saturated rings. The number of methoxy groups -OCH3 is 1. The van der Waals surface area contributed by atoms with Crippen molar-refractivity contribution in [2.75, 3.05) is 55.0 Å². The number of nitrogens with zero attached hydrogens (tertiary/aromatic N) is 2. The van der Waals surface area contributed by atoms with Crippen LogP contribution in [0.5, 0.6) is 5.75 Å². The number of hydrogen-bond acceptors (Lipinski definition) is 5. The maximum atomic E-state index is 13.7. The van der Waals surface area contributed by atoms with E-state index in [1.54, 1.807) is 25.3 Å². The molecular weight excluding hydrogens is 519 g/mol. The molecule has 7 nitrogen and oxygen atoms in total. The Morgan fingerprint density at radius 2 is 1.49 bits per heavy atom. The summed E-state index contributed by atoms with van der Waals surface area (Å²) in [5, 5.41) is 5.85. The highest BCUT2D eigenvalue weighted by atomic mass is 19.1. The van der Waals surface area contributed by atoms with Gasteiger partial charge in [-0.15, -0.1) is 0 Å². The Morgan fingerprint density at radius 3 is 2.22 bits per heavy atom. The van der Waals surface area contributed by atoms with Crippen molar-refractivity contribution < 1.29 is 18.7 Å². The topological polar surface area (TPSA) is 73.9 Å². The molecule has 1 aliphatic heterocycles. The fourth-order valence-electron chi connectivity index (χ4n) is 5.04. The molecule has 210 valence electrons. The zero-order chi connectivity index (χ0) is 28.6. The first kappa shape index (κ1) is 27.7. The Balaban J connectivity index is 1.34. The summed E-state index contributed by atoms with van der Waals surface area (Å²) in [4.78, 5) is 30.7. The first-order chi connectivity index (χ1) is 20.0. The highest BCUT2D eigenvalue weighted by molar-refractivity contribution is 6.06. The van der Waals surface area contributed by atoms with E-state index in [2.05, 4.69) is 26.5 Å². The molecule has 0 spiro atoms. The van der Waals surface area contributed by atoms with Gasteiger partial charge in [0, 0.05) is 49.7 Å². The highest BCUT2D eigenvalue weighted by Crippen LogP contribution is 2.31. The van der Waals surface area contributed by atoms with Gasteiger partial charge in [-0.3, -0.25) is 9.59 Å². The van der Waals surface area contributed by atoms with Gasteiger partial charge < -0.3 is 25.2 Å². The second-order valence-electron chi connectivity index (χ2n) is 9.83. The number of hydrogen-bond donors (Lipinski definition) is 2. The lowest BCUT2D eigenvalue weighted by Crippen LogP contribution is -2.47. The third-order valence-electron chi connectivity index (χ3n) is 7.17. The standard InChI is InChI=1S/C33H33FN4O3/c1-41-31-13-6-5-12-30(31)38-20-18-37(19-21-38)29-15-14-27(36-32(39)25-10-7-11-26(34)22-25)23-28(29)33(40)35-17-16-24-8-3-2-4-9-24/h2-15,22-23H,16-21H2,1H3,(H,35,40)(H,36,39). The van der Waals surface area contributed by atoms with Gasteiger partial charge in [0.15, 0.2) is 0 Å². The molecule has 0 unspecified atom stereocenters. The van der Waals surface area contributed by atoms with Gasteiger partial charge in [0.2, 0.25) is 0 Å². The third kappa shape index (κ3) is 6.84. The number of amides is 2. The van der Waals surface area contributed by atoms with Crippen LogP contribution < -0.4 is 25.2 Å². The zero-order valence-corrected chi connectivity index (χ0v) is 23.0. The lowest BCUT2D eigenvalue weighted by atomic mass is 10.1. The Bertz CT molecular complexity index is 1500. The normalized spacial score (nSPS) is 13.0. The Morgan fingerprint density at radius 1 is 0.780 bits per heavy atom. The van der Waals surface area contributed by atoms with Gasteiger partial charge in [-0.25, -0.2) is 4.39 Å². The molecule has 0 saturated carbocycles. The zero-order valence-electron chi connectivity index (χ0n) is 23.0. The summed E-state index contributed by atoms with van der Waals surface area (Å²) in [6, 6.07) is 28.8. The Hall–Kier alpha value is -4.85. The summed E-state index contributed by atoms with van der Waals surface area (Å²) in [7, 11) is 1.67. The summed E-state index contributed by atoms with van der Waals surface area (Å²) in [6.45, 7) is 3.40. The number of benzene rings is 4. The Kier molecular flexibility index (Phi) is 8.79. The van der Waals surface area contributed by atoms with Crippen LogP contribution in [-0.2, 0) is 6.42 Å². The van der Waals surface area contributed by atoms with E-state index in [1.807, 2.05) is 54.6 Å².